The minimum atomic E-state index is -0.367. The fourth-order valence-electron chi connectivity index (χ4n) is 2.48. The zero-order chi connectivity index (χ0) is 12.7. The van der Waals surface area contributed by atoms with Gasteiger partial charge in [0, 0.05) is 24.5 Å². The third-order valence-corrected chi connectivity index (χ3v) is 4.07. The van der Waals surface area contributed by atoms with Gasteiger partial charge in [0.25, 0.3) is 4.96 Å². The summed E-state index contributed by atoms with van der Waals surface area (Å²) in [5.41, 5.74) is 5.71. The first-order valence-corrected chi connectivity index (χ1v) is 6.67. The lowest BCUT2D eigenvalue weighted by atomic mass is 10.2. The Kier molecular flexibility index (Phi) is 2.67. The van der Waals surface area contributed by atoms with Crippen molar-refractivity contribution in [1.82, 2.24) is 9.38 Å². The van der Waals surface area contributed by atoms with Gasteiger partial charge in [0.2, 0.25) is 5.82 Å². The van der Waals surface area contributed by atoms with Gasteiger partial charge in [-0.05, 0) is 17.8 Å². The van der Waals surface area contributed by atoms with Crippen molar-refractivity contribution in [2.24, 2.45) is 5.73 Å². The Morgan fingerprint density at radius 3 is 3.22 bits per heavy atom. The van der Waals surface area contributed by atoms with Crippen molar-refractivity contribution in [3.63, 3.8) is 0 Å². The van der Waals surface area contributed by atoms with Crippen molar-refractivity contribution >= 4 is 27.9 Å². The molecule has 0 spiro atoms. The summed E-state index contributed by atoms with van der Waals surface area (Å²) < 4.78 is 1.53. The van der Waals surface area contributed by atoms with Crippen LogP contribution in [0.5, 0.6) is 0 Å². The zero-order valence-corrected chi connectivity index (χ0v) is 10.5. The molecule has 0 aromatic carbocycles. The molecule has 3 heterocycles. The van der Waals surface area contributed by atoms with Crippen LogP contribution in [0, 0.1) is 10.1 Å². The second kappa shape index (κ2) is 4.21. The largest absolute Gasteiger partial charge is 0.373 e. The van der Waals surface area contributed by atoms with Gasteiger partial charge in [-0.1, -0.05) is 11.3 Å². The molecule has 0 bridgehead atoms. The molecule has 0 aliphatic carbocycles. The Hall–Kier alpha value is -1.67. The number of imidazole rings is 1. The molecule has 96 valence electrons. The van der Waals surface area contributed by atoms with Crippen LogP contribution in [0.3, 0.4) is 0 Å². The summed E-state index contributed by atoms with van der Waals surface area (Å²) in [7, 11) is 0. The molecule has 1 saturated heterocycles. The fourth-order valence-corrected chi connectivity index (χ4v) is 3.19. The first-order valence-electron chi connectivity index (χ1n) is 5.79. The molecule has 2 N–H and O–H groups in total. The molecule has 1 aliphatic rings. The molecule has 3 rings (SSSR count). The summed E-state index contributed by atoms with van der Waals surface area (Å²) in [4.78, 5) is 17.9. The summed E-state index contributed by atoms with van der Waals surface area (Å²) >= 11 is 1.40. The average Bonchev–Trinajstić information content (AvgIpc) is 3.01. The molecule has 0 saturated carbocycles. The van der Waals surface area contributed by atoms with Gasteiger partial charge in [0.1, 0.15) is 6.20 Å². The van der Waals surface area contributed by atoms with Gasteiger partial charge in [-0.15, -0.1) is 0 Å². The van der Waals surface area contributed by atoms with Crippen molar-refractivity contribution in [3.8, 4) is 0 Å². The Morgan fingerprint density at radius 1 is 1.67 bits per heavy atom. The first kappa shape index (κ1) is 11.4. The second-order valence-electron chi connectivity index (χ2n) is 4.30. The molecule has 1 unspecified atom stereocenters. The maximum Gasteiger partial charge on any atom is 0.373 e. The average molecular weight is 267 g/mol. The van der Waals surface area contributed by atoms with Gasteiger partial charge >= 0.3 is 5.82 Å². The van der Waals surface area contributed by atoms with Crippen molar-refractivity contribution in [2.45, 2.75) is 18.9 Å². The quantitative estimate of drug-likeness (QED) is 0.667. The smallest absolute Gasteiger partial charge is 0.358 e. The highest BCUT2D eigenvalue weighted by Gasteiger charge is 2.33. The van der Waals surface area contributed by atoms with Crippen LogP contribution in [-0.2, 0) is 0 Å². The Labute approximate surface area is 107 Å². The normalized spacial score (nSPS) is 19.8. The first-order chi connectivity index (χ1) is 8.72. The van der Waals surface area contributed by atoms with E-state index < -0.39 is 0 Å². The Morgan fingerprint density at radius 2 is 2.50 bits per heavy atom. The monoisotopic (exact) mass is 267 g/mol. The van der Waals surface area contributed by atoms with Crippen LogP contribution < -0.4 is 10.6 Å². The number of hydrogen-bond donors (Lipinski definition) is 1. The lowest BCUT2D eigenvalue weighted by Crippen LogP contribution is -2.36. The summed E-state index contributed by atoms with van der Waals surface area (Å²) in [5.74, 6) is 0.506. The third-order valence-electron chi connectivity index (χ3n) is 3.31. The number of anilines is 1. The number of nitrogens with zero attached hydrogens (tertiary/aromatic N) is 4. The zero-order valence-electron chi connectivity index (χ0n) is 9.65. The van der Waals surface area contributed by atoms with Crippen molar-refractivity contribution in [2.75, 3.05) is 18.0 Å². The minimum absolute atomic E-state index is 0.0478. The molecule has 1 atom stereocenters. The van der Waals surface area contributed by atoms with Gasteiger partial charge < -0.3 is 20.7 Å². The van der Waals surface area contributed by atoms with Gasteiger partial charge in [-0.25, -0.2) is 0 Å². The number of hydrogen-bond acceptors (Lipinski definition) is 6. The topological polar surface area (TPSA) is 89.7 Å². The molecule has 2 aromatic heterocycles. The number of rotatable bonds is 3. The van der Waals surface area contributed by atoms with E-state index in [4.69, 9.17) is 5.73 Å². The van der Waals surface area contributed by atoms with E-state index >= 15 is 0 Å². The van der Waals surface area contributed by atoms with E-state index in [0.29, 0.717) is 17.3 Å². The van der Waals surface area contributed by atoms with Crippen molar-refractivity contribution in [3.05, 3.63) is 21.7 Å². The van der Waals surface area contributed by atoms with Gasteiger partial charge in [0.15, 0.2) is 0 Å². The highest BCUT2D eigenvalue weighted by Crippen LogP contribution is 2.34. The van der Waals surface area contributed by atoms with Gasteiger partial charge in [-0.2, -0.15) is 9.38 Å². The molecule has 1 fully saturated rings. The highest BCUT2D eigenvalue weighted by molar-refractivity contribution is 7.15. The molecule has 0 amide bonds. The summed E-state index contributed by atoms with van der Waals surface area (Å²) in [5, 5.41) is 13.0. The Balaban J connectivity index is 2.13. The molecule has 0 radical (unpaired) electrons. The lowest BCUT2D eigenvalue weighted by molar-refractivity contribution is -0.389. The summed E-state index contributed by atoms with van der Waals surface area (Å²) in [6.07, 6.45) is 3.66. The summed E-state index contributed by atoms with van der Waals surface area (Å²) in [6.45, 7) is 1.29. The van der Waals surface area contributed by atoms with E-state index in [9.17, 15) is 10.1 Å². The number of fused-ring (bicyclic) bond motifs is 1. The van der Waals surface area contributed by atoms with Crippen LogP contribution in [0.15, 0.2) is 11.6 Å². The summed E-state index contributed by atoms with van der Waals surface area (Å²) in [6, 6.07) is 0.160. The number of nitrogens with two attached hydrogens (primary N) is 1. The highest BCUT2D eigenvalue weighted by atomic mass is 32.1. The molecule has 8 heteroatoms. The number of thiazole rings is 1. The van der Waals surface area contributed by atoms with Crippen LogP contribution in [-0.4, -0.2) is 33.4 Å². The van der Waals surface area contributed by atoms with E-state index in [1.54, 1.807) is 11.6 Å². The van der Waals surface area contributed by atoms with E-state index in [-0.39, 0.29) is 16.8 Å². The van der Waals surface area contributed by atoms with Crippen LogP contribution in [0.25, 0.3) is 4.96 Å². The van der Waals surface area contributed by atoms with Crippen molar-refractivity contribution < 1.29 is 4.92 Å². The van der Waals surface area contributed by atoms with Gasteiger partial charge in [-0.3, -0.25) is 0 Å². The second-order valence-corrected chi connectivity index (χ2v) is 5.17. The molecular formula is C10H13N5O2S. The van der Waals surface area contributed by atoms with E-state index in [0.717, 1.165) is 19.4 Å². The van der Waals surface area contributed by atoms with Crippen molar-refractivity contribution in [1.29, 1.82) is 0 Å². The maximum absolute atomic E-state index is 11.2. The maximum atomic E-state index is 11.2. The molecular weight excluding hydrogens is 254 g/mol. The molecule has 1 aliphatic heterocycles. The SMILES string of the molecule is NCC1CCCN1c1nc2sccn2c1[N+](=O)[O-]. The van der Waals surface area contributed by atoms with Crippen LogP contribution in [0.2, 0.25) is 0 Å². The standard InChI is InChI=1S/C10H13N5O2S/c11-6-7-2-1-3-13(7)8-9(15(16)17)14-4-5-18-10(14)12-8/h4-5,7H,1-3,6,11H2. The minimum Gasteiger partial charge on any atom is -0.358 e. The third kappa shape index (κ3) is 1.57. The van der Waals surface area contributed by atoms with Gasteiger partial charge in [0.05, 0.1) is 0 Å². The van der Waals surface area contributed by atoms with Crippen LogP contribution in [0.4, 0.5) is 11.6 Å². The lowest BCUT2D eigenvalue weighted by Gasteiger charge is -2.22. The van der Waals surface area contributed by atoms with Crippen LogP contribution >= 0.6 is 11.3 Å². The number of aromatic nitrogens is 2. The van der Waals surface area contributed by atoms with Crippen LogP contribution in [0.1, 0.15) is 12.8 Å². The molecule has 7 nitrogen and oxygen atoms in total. The van der Waals surface area contributed by atoms with E-state index in [1.807, 2.05) is 4.90 Å². The molecule has 2 aromatic rings. The Bertz CT molecular complexity index is 592. The van der Waals surface area contributed by atoms with E-state index in [1.165, 1.54) is 15.7 Å². The fraction of sp³-hybridized carbons (Fsp3) is 0.500. The number of nitro groups is 1. The van der Waals surface area contributed by atoms with E-state index in [2.05, 4.69) is 4.98 Å². The molecule has 18 heavy (non-hydrogen) atoms. The predicted octanol–water partition coefficient (Wildman–Crippen LogP) is 1.23. The predicted molar refractivity (Wildman–Crippen MR) is 69.1 cm³/mol.